The van der Waals surface area contributed by atoms with Gasteiger partial charge in [-0.2, -0.15) is 4.98 Å². The zero-order valence-corrected chi connectivity index (χ0v) is 13.1. The number of aromatic nitrogens is 2. The van der Waals surface area contributed by atoms with Gasteiger partial charge in [-0.15, -0.1) is 0 Å². The van der Waals surface area contributed by atoms with Crippen molar-refractivity contribution in [2.75, 3.05) is 19.8 Å². The molecule has 0 bridgehead atoms. The highest BCUT2D eigenvalue weighted by Crippen LogP contribution is 2.30. The van der Waals surface area contributed by atoms with E-state index in [1.54, 1.807) is 0 Å². The fourth-order valence-electron chi connectivity index (χ4n) is 1.88. The van der Waals surface area contributed by atoms with Crippen LogP contribution in [-0.2, 0) is 4.74 Å². The molecule has 1 aliphatic rings. The zero-order chi connectivity index (χ0) is 13.2. The predicted molar refractivity (Wildman–Crippen MR) is 76.7 cm³/mol. The average molecular weight is 389 g/mol. The second-order valence-electron chi connectivity index (χ2n) is 4.16. The van der Waals surface area contributed by atoms with Crippen LogP contribution in [0.15, 0.2) is 31.7 Å². The Labute approximate surface area is 127 Å². The van der Waals surface area contributed by atoms with E-state index < -0.39 is 0 Å². The average Bonchev–Trinajstić information content (AvgIpc) is 2.92. The number of nitrogens with one attached hydrogen (secondary N) is 1. The molecule has 1 saturated heterocycles. The Morgan fingerprint density at radius 3 is 3.00 bits per heavy atom. The molecule has 100 valence electrons. The van der Waals surface area contributed by atoms with E-state index in [1.807, 2.05) is 18.2 Å². The summed E-state index contributed by atoms with van der Waals surface area (Å²) in [7, 11) is 0. The molecule has 0 saturated carbocycles. The molecule has 1 aromatic carbocycles. The molecule has 0 aliphatic carbocycles. The molecular weight excluding hydrogens is 378 g/mol. The first kappa shape index (κ1) is 13.2. The van der Waals surface area contributed by atoms with E-state index in [-0.39, 0.29) is 6.04 Å². The molecule has 2 heterocycles. The number of halogens is 2. The first-order chi connectivity index (χ1) is 9.24. The standard InChI is InChI=1S/C12H11Br2N3O2/c13-7-1-2-9(14)8(5-7)12-16-11(17-19-12)10-6-18-4-3-15-10/h1-2,5,10,15H,3-4,6H2. The van der Waals surface area contributed by atoms with Crippen LogP contribution in [-0.4, -0.2) is 29.9 Å². The van der Waals surface area contributed by atoms with Crippen molar-refractivity contribution < 1.29 is 9.26 Å². The first-order valence-electron chi connectivity index (χ1n) is 5.84. The normalized spacial score (nSPS) is 19.6. The molecule has 1 unspecified atom stereocenters. The maximum Gasteiger partial charge on any atom is 0.259 e. The quantitative estimate of drug-likeness (QED) is 0.856. The van der Waals surface area contributed by atoms with E-state index in [9.17, 15) is 0 Å². The zero-order valence-electron chi connectivity index (χ0n) is 9.90. The third-order valence-corrected chi connectivity index (χ3v) is 4.02. The number of ether oxygens (including phenoxy) is 1. The number of hydrogen-bond donors (Lipinski definition) is 1. The van der Waals surface area contributed by atoms with Crippen LogP contribution in [0.5, 0.6) is 0 Å². The Morgan fingerprint density at radius 2 is 2.21 bits per heavy atom. The molecule has 1 fully saturated rings. The van der Waals surface area contributed by atoms with Crippen LogP contribution in [0.2, 0.25) is 0 Å². The van der Waals surface area contributed by atoms with Crippen LogP contribution in [0.1, 0.15) is 11.9 Å². The van der Waals surface area contributed by atoms with Crippen LogP contribution in [0.25, 0.3) is 11.5 Å². The summed E-state index contributed by atoms with van der Waals surface area (Å²) < 4.78 is 12.6. The molecule has 0 radical (unpaired) electrons. The molecule has 2 aromatic rings. The smallest absolute Gasteiger partial charge is 0.259 e. The van der Waals surface area contributed by atoms with Gasteiger partial charge in [-0.1, -0.05) is 21.1 Å². The fraction of sp³-hybridized carbons (Fsp3) is 0.333. The minimum absolute atomic E-state index is 0.00261. The van der Waals surface area contributed by atoms with E-state index in [0.717, 1.165) is 27.7 Å². The van der Waals surface area contributed by atoms with Gasteiger partial charge in [0.2, 0.25) is 0 Å². The lowest BCUT2D eigenvalue weighted by atomic mass is 10.2. The van der Waals surface area contributed by atoms with Gasteiger partial charge in [0.25, 0.3) is 5.89 Å². The minimum Gasteiger partial charge on any atom is -0.378 e. The van der Waals surface area contributed by atoms with E-state index in [4.69, 9.17) is 9.26 Å². The summed E-state index contributed by atoms with van der Waals surface area (Å²) in [4.78, 5) is 4.44. The lowest BCUT2D eigenvalue weighted by Gasteiger charge is -2.20. The van der Waals surface area contributed by atoms with Gasteiger partial charge in [0.1, 0.15) is 0 Å². The summed E-state index contributed by atoms with van der Waals surface area (Å²) >= 11 is 6.92. The maximum absolute atomic E-state index is 5.39. The monoisotopic (exact) mass is 387 g/mol. The summed E-state index contributed by atoms with van der Waals surface area (Å²) in [5, 5.41) is 7.32. The summed E-state index contributed by atoms with van der Waals surface area (Å²) in [6.45, 7) is 2.09. The molecule has 0 spiro atoms. The molecule has 5 nitrogen and oxygen atoms in total. The topological polar surface area (TPSA) is 60.2 Å². The molecule has 1 N–H and O–H groups in total. The Hall–Kier alpha value is -0.760. The van der Waals surface area contributed by atoms with Crippen LogP contribution >= 0.6 is 31.9 Å². The second kappa shape index (κ2) is 5.70. The second-order valence-corrected chi connectivity index (χ2v) is 5.93. The third-order valence-electron chi connectivity index (χ3n) is 2.83. The summed E-state index contributed by atoms with van der Waals surface area (Å²) in [6.07, 6.45) is 0. The van der Waals surface area contributed by atoms with Gasteiger partial charge in [-0.05, 0) is 34.1 Å². The molecule has 3 rings (SSSR count). The van der Waals surface area contributed by atoms with E-state index in [0.29, 0.717) is 18.3 Å². The lowest BCUT2D eigenvalue weighted by Crippen LogP contribution is -2.35. The van der Waals surface area contributed by atoms with Gasteiger partial charge in [-0.25, -0.2) is 0 Å². The van der Waals surface area contributed by atoms with E-state index >= 15 is 0 Å². The largest absolute Gasteiger partial charge is 0.378 e. The molecular formula is C12H11Br2N3O2. The summed E-state index contributed by atoms with van der Waals surface area (Å²) in [5.74, 6) is 1.12. The number of nitrogens with zero attached hydrogens (tertiary/aromatic N) is 2. The number of rotatable bonds is 2. The highest BCUT2D eigenvalue weighted by atomic mass is 79.9. The van der Waals surface area contributed by atoms with Crippen LogP contribution in [0.3, 0.4) is 0 Å². The molecule has 1 aliphatic heterocycles. The van der Waals surface area contributed by atoms with Crippen LogP contribution in [0, 0.1) is 0 Å². The van der Waals surface area contributed by atoms with E-state index in [1.165, 1.54) is 0 Å². The fourth-order valence-corrected chi connectivity index (χ4v) is 2.66. The Kier molecular flexibility index (Phi) is 3.97. The number of hydrogen-bond acceptors (Lipinski definition) is 5. The highest BCUT2D eigenvalue weighted by molar-refractivity contribution is 9.11. The van der Waals surface area contributed by atoms with Crippen molar-refractivity contribution in [3.05, 3.63) is 33.0 Å². The van der Waals surface area contributed by atoms with Crippen molar-refractivity contribution in [3.63, 3.8) is 0 Å². The van der Waals surface area contributed by atoms with Crippen molar-refractivity contribution in [2.45, 2.75) is 6.04 Å². The highest BCUT2D eigenvalue weighted by Gasteiger charge is 2.22. The first-order valence-corrected chi connectivity index (χ1v) is 7.43. The van der Waals surface area contributed by atoms with Crippen molar-refractivity contribution in [2.24, 2.45) is 0 Å². The van der Waals surface area contributed by atoms with Crippen molar-refractivity contribution in [1.82, 2.24) is 15.5 Å². The van der Waals surface area contributed by atoms with Crippen LogP contribution in [0.4, 0.5) is 0 Å². The SMILES string of the molecule is Brc1ccc(Br)c(-c2nc(C3COCCN3)no2)c1. The van der Waals surface area contributed by atoms with Gasteiger partial charge < -0.3 is 14.6 Å². The van der Waals surface area contributed by atoms with Gasteiger partial charge in [0.15, 0.2) is 5.82 Å². The number of morpholine rings is 1. The molecule has 1 atom stereocenters. The summed E-state index contributed by atoms with van der Waals surface area (Å²) in [5.41, 5.74) is 0.866. The van der Waals surface area contributed by atoms with E-state index in [2.05, 4.69) is 47.3 Å². The molecule has 0 amide bonds. The molecule has 7 heteroatoms. The van der Waals surface area contributed by atoms with Gasteiger partial charge >= 0.3 is 0 Å². The van der Waals surface area contributed by atoms with Gasteiger partial charge in [0, 0.05) is 15.5 Å². The Bertz CT molecular complexity index is 582. The predicted octanol–water partition coefficient (Wildman–Crippen LogP) is 2.92. The maximum atomic E-state index is 5.39. The minimum atomic E-state index is -0.00261. The van der Waals surface area contributed by atoms with Crippen molar-refractivity contribution in [3.8, 4) is 11.5 Å². The van der Waals surface area contributed by atoms with Gasteiger partial charge in [0.05, 0.1) is 24.8 Å². The van der Waals surface area contributed by atoms with Gasteiger partial charge in [-0.3, -0.25) is 0 Å². The number of benzene rings is 1. The van der Waals surface area contributed by atoms with Crippen LogP contribution < -0.4 is 5.32 Å². The molecule has 1 aromatic heterocycles. The Morgan fingerprint density at radius 1 is 1.32 bits per heavy atom. The Balaban J connectivity index is 1.89. The van der Waals surface area contributed by atoms with Crippen molar-refractivity contribution >= 4 is 31.9 Å². The molecule has 19 heavy (non-hydrogen) atoms. The van der Waals surface area contributed by atoms with Crippen molar-refractivity contribution in [1.29, 1.82) is 0 Å². The lowest BCUT2D eigenvalue weighted by molar-refractivity contribution is 0.0734. The third kappa shape index (κ3) is 2.89. The summed E-state index contributed by atoms with van der Waals surface area (Å²) in [6, 6.07) is 5.82.